The van der Waals surface area contributed by atoms with E-state index in [0.717, 1.165) is 26.8 Å². The standard InChI is InChI=1S/C13H16BrN3/c1-13(2,3)12-11(17-15)6-8-4-5-9(14)7-10(8)16-12/h4-7,17H,15H2,1-3H3. The summed E-state index contributed by atoms with van der Waals surface area (Å²) in [6.07, 6.45) is 0. The molecule has 90 valence electrons. The highest BCUT2D eigenvalue weighted by Crippen LogP contribution is 2.31. The predicted molar refractivity (Wildman–Crippen MR) is 76.0 cm³/mol. The van der Waals surface area contributed by atoms with Gasteiger partial charge in [0.1, 0.15) is 0 Å². The van der Waals surface area contributed by atoms with Gasteiger partial charge in [0.2, 0.25) is 0 Å². The van der Waals surface area contributed by atoms with Crippen molar-refractivity contribution < 1.29 is 0 Å². The van der Waals surface area contributed by atoms with Crippen LogP contribution in [0, 0.1) is 0 Å². The number of rotatable bonds is 1. The molecule has 0 fully saturated rings. The van der Waals surface area contributed by atoms with Gasteiger partial charge in [-0.3, -0.25) is 10.8 Å². The first-order chi connectivity index (χ1) is 7.91. The zero-order valence-corrected chi connectivity index (χ0v) is 11.8. The Hall–Kier alpha value is -1.13. The van der Waals surface area contributed by atoms with Gasteiger partial charge in [-0.2, -0.15) is 0 Å². The molecular weight excluding hydrogens is 278 g/mol. The van der Waals surface area contributed by atoms with Crippen molar-refractivity contribution in [1.82, 2.24) is 4.98 Å². The molecule has 1 aromatic carbocycles. The summed E-state index contributed by atoms with van der Waals surface area (Å²) in [5, 5.41) is 1.08. The van der Waals surface area contributed by atoms with E-state index < -0.39 is 0 Å². The van der Waals surface area contributed by atoms with Crippen LogP contribution in [0.2, 0.25) is 0 Å². The second-order valence-corrected chi connectivity index (χ2v) is 6.03. The minimum absolute atomic E-state index is 0.0434. The van der Waals surface area contributed by atoms with E-state index in [2.05, 4.69) is 42.1 Å². The average molecular weight is 294 g/mol. The highest BCUT2D eigenvalue weighted by molar-refractivity contribution is 9.10. The van der Waals surface area contributed by atoms with Gasteiger partial charge in [-0.05, 0) is 18.2 Å². The number of nitrogen functional groups attached to an aromatic ring is 1. The topological polar surface area (TPSA) is 50.9 Å². The van der Waals surface area contributed by atoms with Crippen LogP contribution in [0.25, 0.3) is 10.9 Å². The molecule has 0 amide bonds. The lowest BCUT2D eigenvalue weighted by atomic mass is 9.90. The van der Waals surface area contributed by atoms with Gasteiger partial charge in [0.25, 0.3) is 0 Å². The van der Waals surface area contributed by atoms with E-state index >= 15 is 0 Å². The van der Waals surface area contributed by atoms with Crippen molar-refractivity contribution in [3.05, 3.63) is 34.4 Å². The van der Waals surface area contributed by atoms with Crippen LogP contribution in [-0.2, 0) is 5.41 Å². The minimum Gasteiger partial charge on any atom is -0.322 e. The number of nitrogens with two attached hydrogens (primary N) is 1. The summed E-state index contributed by atoms with van der Waals surface area (Å²) < 4.78 is 1.03. The molecule has 0 aliphatic heterocycles. The molecule has 0 aliphatic rings. The average Bonchev–Trinajstić information content (AvgIpc) is 2.26. The predicted octanol–water partition coefficient (Wildman–Crippen LogP) is 3.58. The third-order valence-electron chi connectivity index (χ3n) is 2.65. The van der Waals surface area contributed by atoms with E-state index in [4.69, 9.17) is 10.8 Å². The fraction of sp³-hybridized carbons (Fsp3) is 0.308. The molecule has 0 saturated heterocycles. The molecule has 0 unspecified atom stereocenters. The van der Waals surface area contributed by atoms with Crippen LogP contribution >= 0.6 is 15.9 Å². The lowest BCUT2D eigenvalue weighted by molar-refractivity contribution is 0.573. The molecule has 4 heteroatoms. The van der Waals surface area contributed by atoms with Gasteiger partial charge in [0.05, 0.1) is 16.9 Å². The molecular formula is C13H16BrN3. The maximum Gasteiger partial charge on any atom is 0.0718 e. The Labute approximate surface area is 110 Å². The molecule has 2 rings (SSSR count). The number of pyridine rings is 1. The quantitative estimate of drug-likeness (QED) is 0.624. The zero-order valence-electron chi connectivity index (χ0n) is 10.2. The molecule has 0 spiro atoms. The summed E-state index contributed by atoms with van der Waals surface area (Å²) >= 11 is 3.46. The molecule has 0 bridgehead atoms. The first-order valence-electron chi connectivity index (χ1n) is 5.49. The normalized spacial score (nSPS) is 11.8. The van der Waals surface area contributed by atoms with Crippen LogP contribution in [-0.4, -0.2) is 4.98 Å². The van der Waals surface area contributed by atoms with Crippen LogP contribution in [0.1, 0.15) is 26.5 Å². The minimum atomic E-state index is -0.0434. The third kappa shape index (κ3) is 2.42. The number of benzene rings is 1. The van der Waals surface area contributed by atoms with E-state index in [0.29, 0.717) is 0 Å². The molecule has 2 aromatic rings. The van der Waals surface area contributed by atoms with E-state index in [9.17, 15) is 0 Å². The molecule has 0 atom stereocenters. The Morgan fingerprint density at radius 1 is 1.24 bits per heavy atom. The number of nitrogens with one attached hydrogen (secondary N) is 1. The van der Waals surface area contributed by atoms with Crippen LogP contribution in [0.15, 0.2) is 28.7 Å². The number of hydrogen-bond donors (Lipinski definition) is 2. The van der Waals surface area contributed by atoms with Crippen molar-refractivity contribution in [3.63, 3.8) is 0 Å². The van der Waals surface area contributed by atoms with Gasteiger partial charge in [-0.1, -0.05) is 42.8 Å². The molecule has 1 aromatic heterocycles. The van der Waals surface area contributed by atoms with Crippen molar-refractivity contribution >= 4 is 32.5 Å². The molecule has 0 aliphatic carbocycles. The number of halogens is 1. The summed E-state index contributed by atoms with van der Waals surface area (Å²) in [4.78, 5) is 4.71. The first kappa shape index (κ1) is 12.3. The largest absolute Gasteiger partial charge is 0.322 e. The van der Waals surface area contributed by atoms with Gasteiger partial charge in [0.15, 0.2) is 0 Å². The number of hydrazine groups is 1. The Morgan fingerprint density at radius 2 is 1.94 bits per heavy atom. The van der Waals surface area contributed by atoms with Crippen LogP contribution in [0.4, 0.5) is 5.69 Å². The number of fused-ring (bicyclic) bond motifs is 1. The molecule has 0 saturated carbocycles. The summed E-state index contributed by atoms with van der Waals surface area (Å²) in [7, 11) is 0. The van der Waals surface area contributed by atoms with E-state index in [1.165, 1.54) is 0 Å². The lowest BCUT2D eigenvalue weighted by Gasteiger charge is -2.21. The molecule has 3 nitrogen and oxygen atoms in total. The highest BCUT2D eigenvalue weighted by atomic mass is 79.9. The summed E-state index contributed by atoms with van der Waals surface area (Å²) in [6, 6.07) is 8.08. The van der Waals surface area contributed by atoms with Crippen LogP contribution < -0.4 is 11.3 Å². The number of aromatic nitrogens is 1. The van der Waals surface area contributed by atoms with Crippen molar-refractivity contribution in [3.8, 4) is 0 Å². The van der Waals surface area contributed by atoms with Crippen LogP contribution in [0.5, 0.6) is 0 Å². The number of nitrogens with zero attached hydrogens (tertiary/aromatic N) is 1. The highest BCUT2D eigenvalue weighted by Gasteiger charge is 2.20. The fourth-order valence-corrected chi connectivity index (χ4v) is 2.17. The Balaban J connectivity index is 2.74. The van der Waals surface area contributed by atoms with E-state index in [1.54, 1.807) is 0 Å². The SMILES string of the molecule is CC(C)(C)c1nc2cc(Br)ccc2cc1NN. The molecule has 1 heterocycles. The van der Waals surface area contributed by atoms with Gasteiger partial charge in [-0.15, -0.1) is 0 Å². The second-order valence-electron chi connectivity index (χ2n) is 5.12. The summed E-state index contributed by atoms with van der Waals surface area (Å²) in [5.41, 5.74) is 5.53. The second kappa shape index (κ2) is 4.27. The first-order valence-corrected chi connectivity index (χ1v) is 6.28. The Kier molecular flexibility index (Phi) is 3.10. The van der Waals surface area contributed by atoms with Gasteiger partial charge in [0, 0.05) is 15.3 Å². The summed E-state index contributed by atoms with van der Waals surface area (Å²) in [6.45, 7) is 6.37. The third-order valence-corrected chi connectivity index (χ3v) is 3.14. The smallest absolute Gasteiger partial charge is 0.0718 e. The molecule has 3 N–H and O–H groups in total. The lowest BCUT2D eigenvalue weighted by Crippen LogP contribution is -2.19. The molecule has 0 radical (unpaired) electrons. The molecule has 17 heavy (non-hydrogen) atoms. The Morgan fingerprint density at radius 3 is 2.53 bits per heavy atom. The zero-order chi connectivity index (χ0) is 12.6. The maximum atomic E-state index is 5.57. The van der Waals surface area contributed by atoms with Gasteiger partial charge >= 0.3 is 0 Å². The summed E-state index contributed by atoms with van der Waals surface area (Å²) in [5.74, 6) is 5.57. The van der Waals surface area contributed by atoms with Crippen molar-refractivity contribution in [1.29, 1.82) is 0 Å². The van der Waals surface area contributed by atoms with Crippen molar-refractivity contribution in [2.45, 2.75) is 26.2 Å². The van der Waals surface area contributed by atoms with Crippen molar-refractivity contribution in [2.24, 2.45) is 5.84 Å². The number of anilines is 1. The van der Waals surface area contributed by atoms with Crippen molar-refractivity contribution in [2.75, 3.05) is 5.43 Å². The maximum absolute atomic E-state index is 5.57. The Bertz CT molecular complexity index is 558. The monoisotopic (exact) mass is 293 g/mol. The van der Waals surface area contributed by atoms with Gasteiger partial charge in [-0.25, -0.2) is 0 Å². The van der Waals surface area contributed by atoms with E-state index in [-0.39, 0.29) is 5.41 Å². The van der Waals surface area contributed by atoms with E-state index in [1.807, 2.05) is 24.3 Å². The number of hydrogen-bond acceptors (Lipinski definition) is 3. The van der Waals surface area contributed by atoms with Gasteiger partial charge < -0.3 is 5.43 Å². The van der Waals surface area contributed by atoms with Crippen LogP contribution in [0.3, 0.4) is 0 Å². The fourth-order valence-electron chi connectivity index (χ4n) is 1.82.